The Morgan fingerprint density at radius 3 is 1.53 bits per heavy atom. The monoisotopic (exact) mass is 502 g/mol. The van der Waals surface area contributed by atoms with Gasteiger partial charge in [0, 0.05) is 0 Å². The lowest BCUT2D eigenvalue weighted by Gasteiger charge is -2.54. The van der Waals surface area contributed by atoms with E-state index in [1.54, 1.807) is 0 Å². The van der Waals surface area contributed by atoms with Crippen LogP contribution in [0.15, 0.2) is 24.3 Å². The maximum absolute atomic E-state index is 10.2. The van der Waals surface area contributed by atoms with Gasteiger partial charge in [0.1, 0.15) is 24.3 Å². The fourth-order valence-electron chi connectivity index (χ4n) is 7.23. The summed E-state index contributed by atoms with van der Waals surface area (Å²) in [6, 6.07) is 17.4. The molecule has 3 aliphatic carbocycles. The van der Waals surface area contributed by atoms with Gasteiger partial charge < -0.3 is 0 Å². The molecule has 4 nitrogen and oxygen atoms in total. The molecule has 3 aliphatic rings. The predicted molar refractivity (Wildman–Crippen MR) is 149 cm³/mol. The average molecular weight is 503 g/mol. The highest BCUT2D eigenvalue weighted by molar-refractivity contribution is 5.58. The second-order valence-electron chi connectivity index (χ2n) is 11.6. The molecule has 0 radical (unpaired) electrons. The van der Waals surface area contributed by atoms with Crippen LogP contribution in [0.25, 0.3) is 0 Å². The molecule has 2 aromatic rings. The van der Waals surface area contributed by atoms with Crippen LogP contribution >= 0.6 is 0 Å². The number of nitriles is 4. The topological polar surface area (TPSA) is 95.2 Å². The summed E-state index contributed by atoms with van der Waals surface area (Å²) in [5.41, 5.74) is 6.15. The van der Waals surface area contributed by atoms with Crippen LogP contribution in [0.4, 0.5) is 0 Å². The number of nitrogens with zero attached hydrogens (tertiary/aromatic N) is 4. The Hall–Kier alpha value is -3.60. The largest absolute Gasteiger partial charge is 0.192 e. The molecule has 2 bridgehead atoms. The summed E-state index contributed by atoms with van der Waals surface area (Å²) >= 11 is 0. The van der Waals surface area contributed by atoms with E-state index in [9.17, 15) is 21.0 Å². The van der Waals surface area contributed by atoms with Crippen molar-refractivity contribution in [3.05, 3.63) is 68.8 Å². The molecule has 0 unspecified atom stereocenters. The molecular formula is C34H38N4. The average Bonchev–Trinajstić information content (AvgIpc) is 2.96. The van der Waals surface area contributed by atoms with Gasteiger partial charge in [-0.2, -0.15) is 21.0 Å². The van der Waals surface area contributed by atoms with Crippen molar-refractivity contribution in [1.29, 1.82) is 21.0 Å². The first-order valence-electron chi connectivity index (χ1n) is 14.4. The number of benzene rings is 2. The van der Waals surface area contributed by atoms with E-state index in [1.807, 2.05) is 18.2 Å². The van der Waals surface area contributed by atoms with Crippen molar-refractivity contribution in [3.8, 4) is 24.3 Å². The van der Waals surface area contributed by atoms with Crippen molar-refractivity contribution in [2.45, 2.75) is 109 Å². The van der Waals surface area contributed by atoms with Crippen LogP contribution in [0, 0.1) is 50.7 Å². The smallest absolute Gasteiger partial charge is 0.101 e. The fourth-order valence-corrected chi connectivity index (χ4v) is 7.23. The van der Waals surface area contributed by atoms with Gasteiger partial charge in [-0.1, -0.05) is 63.8 Å². The second kappa shape index (κ2) is 11.8. The summed E-state index contributed by atoms with van der Waals surface area (Å²) in [5, 5.41) is 39.9. The third-order valence-corrected chi connectivity index (χ3v) is 9.58. The molecule has 3 saturated carbocycles. The summed E-state index contributed by atoms with van der Waals surface area (Å²) in [6.07, 6.45) is 15.1. The van der Waals surface area contributed by atoms with Crippen LogP contribution < -0.4 is 0 Å². The molecule has 194 valence electrons. The zero-order valence-corrected chi connectivity index (χ0v) is 23.0. The lowest BCUT2D eigenvalue weighted by molar-refractivity contribution is 0.0304. The van der Waals surface area contributed by atoms with E-state index in [4.69, 9.17) is 0 Å². The minimum absolute atomic E-state index is 0.0203. The maximum atomic E-state index is 10.2. The highest BCUT2D eigenvalue weighted by Gasteiger charge is 2.49. The number of hydrogen-bond donors (Lipinski definition) is 0. The fraction of sp³-hybridized carbons (Fsp3) is 0.529. The number of unbranched alkanes of at least 4 members (excludes halogenated alkanes) is 2. The molecule has 0 heterocycles. The van der Waals surface area contributed by atoms with E-state index in [2.05, 4.69) is 44.2 Å². The van der Waals surface area contributed by atoms with Gasteiger partial charge in [0.15, 0.2) is 0 Å². The van der Waals surface area contributed by atoms with Gasteiger partial charge in [0.05, 0.1) is 22.3 Å². The standard InChI is InChI=1S/C34H38N4/c1-3-5-6-14-33-15-18-34(19-16-33,20-17-33)32-13-12-27(30(23-37)31(32)24-38)11-10-26-9-8-25(7-4-2)28(21-35)29(26)22-36/h8-9,12-13H,3-7,10-11,14-20H2,1-2H3. The number of hydrogen-bond acceptors (Lipinski definition) is 4. The van der Waals surface area contributed by atoms with Crippen LogP contribution in [0.3, 0.4) is 0 Å². The zero-order valence-electron chi connectivity index (χ0n) is 23.0. The van der Waals surface area contributed by atoms with Gasteiger partial charge in [-0.25, -0.2) is 0 Å². The van der Waals surface area contributed by atoms with E-state index < -0.39 is 0 Å². The van der Waals surface area contributed by atoms with Crippen molar-refractivity contribution >= 4 is 0 Å². The Labute approximate surface area is 228 Å². The zero-order chi connectivity index (χ0) is 27.2. The van der Waals surface area contributed by atoms with Gasteiger partial charge in [-0.15, -0.1) is 0 Å². The summed E-state index contributed by atoms with van der Waals surface area (Å²) in [4.78, 5) is 0. The van der Waals surface area contributed by atoms with E-state index in [-0.39, 0.29) is 5.41 Å². The van der Waals surface area contributed by atoms with Crippen molar-refractivity contribution in [2.75, 3.05) is 0 Å². The SMILES string of the molecule is CCCCCC12CCC(c3ccc(CCc4ccc(CCC)c(C#N)c4C#N)c(C#N)c3C#N)(CC1)CC2. The first-order chi connectivity index (χ1) is 18.5. The highest BCUT2D eigenvalue weighted by Crippen LogP contribution is 2.60. The molecule has 3 fully saturated rings. The van der Waals surface area contributed by atoms with Crippen molar-refractivity contribution in [1.82, 2.24) is 0 Å². The molecule has 0 saturated heterocycles. The summed E-state index contributed by atoms with van der Waals surface area (Å²) in [7, 11) is 0. The minimum atomic E-state index is 0.0203. The van der Waals surface area contributed by atoms with Crippen LogP contribution in [-0.2, 0) is 24.7 Å². The molecular weight excluding hydrogens is 464 g/mol. The first kappa shape index (κ1) is 27.4. The lowest BCUT2D eigenvalue weighted by atomic mass is 9.50. The van der Waals surface area contributed by atoms with Crippen LogP contribution in [0.5, 0.6) is 0 Å². The first-order valence-corrected chi connectivity index (χ1v) is 14.4. The third-order valence-electron chi connectivity index (χ3n) is 9.58. The minimum Gasteiger partial charge on any atom is -0.192 e. The van der Waals surface area contributed by atoms with Crippen molar-refractivity contribution < 1.29 is 0 Å². The normalized spacial score (nSPS) is 21.7. The Morgan fingerprint density at radius 1 is 0.579 bits per heavy atom. The third kappa shape index (κ3) is 5.07. The molecule has 5 rings (SSSR count). The molecule has 0 aliphatic heterocycles. The molecule has 0 amide bonds. The van der Waals surface area contributed by atoms with E-state index in [0.717, 1.165) is 54.4 Å². The quantitative estimate of drug-likeness (QED) is 0.307. The maximum Gasteiger partial charge on any atom is 0.101 e. The van der Waals surface area contributed by atoms with Crippen molar-refractivity contribution in [2.24, 2.45) is 5.41 Å². The summed E-state index contributed by atoms with van der Waals surface area (Å²) < 4.78 is 0. The molecule has 0 atom stereocenters. The van der Waals surface area contributed by atoms with Crippen LogP contribution in [0.2, 0.25) is 0 Å². The number of rotatable bonds is 10. The van der Waals surface area contributed by atoms with E-state index in [1.165, 1.54) is 44.9 Å². The Balaban J connectivity index is 1.59. The van der Waals surface area contributed by atoms with Gasteiger partial charge in [0.2, 0.25) is 0 Å². The molecule has 0 aromatic heterocycles. The lowest BCUT2D eigenvalue weighted by Crippen LogP contribution is -2.44. The molecule has 4 heteroatoms. The van der Waals surface area contributed by atoms with E-state index in [0.29, 0.717) is 40.5 Å². The van der Waals surface area contributed by atoms with Crippen molar-refractivity contribution in [3.63, 3.8) is 0 Å². The van der Waals surface area contributed by atoms with Crippen LogP contribution in [-0.4, -0.2) is 0 Å². The van der Waals surface area contributed by atoms with Gasteiger partial charge in [-0.3, -0.25) is 0 Å². The Bertz CT molecular complexity index is 1330. The Morgan fingerprint density at radius 2 is 1.05 bits per heavy atom. The summed E-state index contributed by atoms with van der Waals surface area (Å²) in [5.74, 6) is 0. The van der Waals surface area contributed by atoms with Gasteiger partial charge in [-0.05, 0) is 97.3 Å². The molecule has 0 spiro atoms. The van der Waals surface area contributed by atoms with Crippen LogP contribution in [0.1, 0.15) is 129 Å². The molecule has 2 aromatic carbocycles. The van der Waals surface area contributed by atoms with Gasteiger partial charge >= 0.3 is 0 Å². The Kier molecular flexibility index (Phi) is 8.55. The number of aryl methyl sites for hydroxylation is 3. The van der Waals surface area contributed by atoms with E-state index >= 15 is 0 Å². The molecule has 38 heavy (non-hydrogen) atoms. The molecule has 0 N–H and O–H groups in total. The predicted octanol–water partition coefficient (Wildman–Crippen LogP) is 8.08. The summed E-state index contributed by atoms with van der Waals surface area (Å²) in [6.45, 7) is 4.32. The number of fused-ring (bicyclic) bond motifs is 3. The van der Waals surface area contributed by atoms with Gasteiger partial charge in [0.25, 0.3) is 0 Å². The highest BCUT2D eigenvalue weighted by atomic mass is 14.5. The second-order valence-corrected chi connectivity index (χ2v) is 11.6.